The third kappa shape index (κ3) is 5.30. The predicted octanol–water partition coefficient (Wildman–Crippen LogP) is 1.52. The minimum atomic E-state index is 0. The van der Waals surface area contributed by atoms with Gasteiger partial charge in [0.1, 0.15) is 17.2 Å². The van der Waals surface area contributed by atoms with Crippen molar-refractivity contribution in [2.24, 2.45) is 10.7 Å². The quantitative estimate of drug-likeness (QED) is 0.402. The molecule has 1 saturated heterocycles. The summed E-state index contributed by atoms with van der Waals surface area (Å²) in [4.78, 5) is 6.49. The maximum atomic E-state index is 6.04. The lowest BCUT2D eigenvalue weighted by atomic mass is 10.1. The van der Waals surface area contributed by atoms with E-state index in [4.69, 9.17) is 24.7 Å². The van der Waals surface area contributed by atoms with E-state index in [-0.39, 0.29) is 24.0 Å². The second-order valence-corrected chi connectivity index (χ2v) is 5.10. The molecule has 0 aromatic heterocycles. The number of halogens is 1. The first kappa shape index (κ1) is 20.6. The van der Waals surface area contributed by atoms with Crippen LogP contribution < -0.4 is 19.9 Å². The number of rotatable bonds is 6. The molecule has 0 aliphatic carbocycles. The first-order chi connectivity index (χ1) is 11.2. The van der Waals surface area contributed by atoms with Crippen molar-refractivity contribution < 1.29 is 18.9 Å². The number of aliphatic imine (C=N–C) groups is 1. The Morgan fingerprint density at radius 2 is 1.71 bits per heavy atom. The Kier molecular flexibility index (Phi) is 8.98. The number of ether oxygens (including phenoxy) is 4. The molecule has 136 valence electrons. The molecule has 0 amide bonds. The van der Waals surface area contributed by atoms with Gasteiger partial charge in [-0.1, -0.05) is 0 Å². The second kappa shape index (κ2) is 10.4. The number of methoxy groups -OCH3 is 3. The maximum Gasteiger partial charge on any atom is 0.191 e. The number of nitrogens with zero attached hydrogens (tertiary/aromatic N) is 2. The molecule has 1 aromatic carbocycles. The SMILES string of the molecule is COc1cc(OC)c(CCN=C(N)N2CCOCC2)c(OC)c1.I. The number of hydrogen-bond donors (Lipinski definition) is 1. The average molecular weight is 451 g/mol. The summed E-state index contributed by atoms with van der Waals surface area (Å²) in [7, 11) is 4.87. The topological polar surface area (TPSA) is 78.5 Å². The van der Waals surface area contributed by atoms with Gasteiger partial charge >= 0.3 is 0 Å². The zero-order valence-corrected chi connectivity index (χ0v) is 16.7. The summed E-state index contributed by atoms with van der Waals surface area (Å²) in [5.74, 6) is 2.70. The smallest absolute Gasteiger partial charge is 0.191 e. The minimum Gasteiger partial charge on any atom is -0.496 e. The van der Waals surface area contributed by atoms with E-state index in [2.05, 4.69) is 4.99 Å². The first-order valence-electron chi connectivity index (χ1n) is 7.61. The zero-order chi connectivity index (χ0) is 16.7. The van der Waals surface area contributed by atoms with Gasteiger partial charge in [0.25, 0.3) is 0 Å². The molecule has 7 nitrogen and oxygen atoms in total. The molecule has 2 N–H and O–H groups in total. The van der Waals surface area contributed by atoms with Gasteiger partial charge in [0.15, 0.2) is 5.96 Å². The molecule has 2 rings (SSSR count). The summed E-state index contributed by atoms with van der Waals surface area (Å²) in [6.07, 6.45) is 0.668. The van der Waals surface area contributed by atoms with Crippen LogP contribution in [-0.2, 0) is 11.2 Å². The Balaban J connectivity index is 0.00000288. The molecule has 1 aromatic rings. The van der Waals surface area contributed by atoms with Gasteiger partial charge < -0.3 is 29.6 Å². The van der Waals surface area contributed by atoms with Crippen molar-refractivity contribution in [1.29, 1.82) is 0 Å². The van der Waals surface area contributed by atoms with Crippen molar-refractivity contribution in [1.82, 2.24) is 4.90 Å². The molecule has 0 unspecified atom stereocenters. The summed E-state index contributed by atoms with van der Waals surface area (Å²) in [6.45, 7) is 3.50. The van der Waals surface area contributed by atoms with Crippen molar-refractivity contribution in [3.63, 3.8) is 0 Å². The van der Waals surface area contributed by atoms with E-state index < -0.39 is 0 Å². The molecule has 1 heterocycles. The van der Waals surface area contributed by atoms with Crippen LogP contribution in [-0.4, -0.2) is 65.0 Å². The fourth-order valence-corrected chi connectivity index (χ4v) is 2.50. The molecule has 1 aliphatic heterocycles. The minimum absolute atomic E-state index is 0. The molecular formula is C16H26IN3O4. The van der Waals surface area contributed by atoms with Crippen LogP contribution in [0.5, 0.6) is 17.2 Å². The lowest BCUT2D eigenvalue weighted by molar-refractivity contribution is 0.0674. The van der Waals surface area contributed by atoms with Crippen LogP contribution in [0, 0.1) is 0 Å². The van der Waals surface area contributed by atoms with Crippen LogP contribution in [0.15, 0.2) is 17.1 Å². The lowest BCUT2D eigenvalue weighted by Gasteiger charge is -2.27. The molecule has 1 aliphatic rings. The Morgan fingerprint density at radius 1 is 1.12 bits per heavy atom. The van der Waals surface area contributed by atoms with Gasteiger partial charge in [-0.2, -0.15) is 0 Å². The Bertz CT molecular complexity index is 523. The van der Waals surface area contributed by atoms with E-state index >= 15 is 0 Å². The first-order valence-corrected chi connectivity index (χ1v) is 7.61. The Morgan fingerprint density at radius 3 is 2.21 bits per heavy atom. The van der Waals surface area contributed by atoms with Crippen LogP contribution in [0.4, 0.5) is 0 Å². The van der Waals surface area contributed by atoms with E-state index in [1.807, 2.05) is 17.0 Å². The lowest BCUT2D eigenvalue weighted by Crippen LogP contribution is -2.44. The zero-order valence-electron chi connectivity index (χ0n) is 14.4. The van der Waals surface area contributed by atoms with Crippen LogP contribution in [0.25, 0.3) is 0 Å². The molecule has 24 heavy (non-hydrogen) atoms. The van der Waals surface area contributed by atoms with Gasteiger partial charge in [0, 0.05) is 37.3 Å². The van der Waals surface area contributed by atoms with E-state index in [0.29, 0.717) is 37.9 Å². The molecule has 0 atom stereocenters. The summed E-state index contributed by atoms with van der Waals surface area (Å²) >= 11 is 0. The molecule has 0 radical (unpaired) electrons. The molecular weight excluding hydrogens is 425 g/mol. The molecule has 1 fully saturated rings. The summed E-state index contributed by atoms with van der Waals surface area (Å²) in [5.41, 5.74) is 6.99. The average Bonchev–Trinajstić information content (AvgIpc) is 2.62. The summed E-state index contributed by atoms with van der Waals surface area (Å²) in [5, 5.41) is 0. The fourth-order valence-electron chi connectivity index (χ4n) is 2.50. The molecule has 0 saturated carbocycles. The van der Waals surface area contributed by atoms with Gasteiger partial charge in [-0.25, -0.2) is 0 Å². The largest absolute Gasteiger partial charge is 0.496 e. The summed E-state index contributed by atoms with van der Waals surface area (Å²) < 4.78 is 21.4. The molecule has 0 spiro atoms. The highest BCUT2D eigenvalue weighted by Crippen LogP contribution is 2.34. The highest BCUT2D eigenvalue weighted by molar-refractivity contribution is 14.0. The van der Waals surface area contributed by atoms with Crippen molar-refractivity contribution >= 4 is 29.9 Å². The second-order valence-electron chi connectivity index (χ2n) is 5.10. The fraction of sp³-hybridized carbons (Fsp3) is 0.562. The normalized spacial score (nSPS) is 14.8. The van der Waals surface area contributed by atoms with E-state index in [9.17, 15) is 0 Å². The van der Waals surface area contributed by atoms with Crippen molar-refractivity contribution in [2.75, 3.05) is 54.2 Å². The number of guanidine groups is 1. The third-order valence-electron chi connectivity index (χ3n) is 3.79. The van der Waals surface area contributed by atoms with Crippen LogP contribution in [0.3, 0.4) is 0 Å². The Labute approximate surface area is 160 Å². The monoisotopic (exact) mass is 451 g/mol. The standard InChI is InChI=1S/C16H25N3O4.HI/c1-20-12-10-14(21-2)13(15(11-12)22-3)4-5-18-16(17)19-6-8-23-9-7-19;/h10-11H,4-9H2,1-3H3,(H2,17,18);1H. The molecule has 0 bridgehead atoms. The van der Waals surface area contributed by atoms with Gasteiger partial charge in [-0.05, 0) is 6.42 Å². The van der Waals surface area contributed by atoms with Crippen molar-refractivity contribution in [2.45, 2.75) is 6.42 Å². The van der Waals surface area contributed by atoms with E-state index in [1.165, 1.54) is 0 Å². The summed E-state index contributed by atoms with van der Waals surface area (Å²) in [6, 6.07) is 3.68. The highest BCUT2D eigenvalue weighted by atomic mass is 127. The van der Waals surface area contributed by atoms with Gasteiger partial charge in [-0.3, -0.25) is 4.99 Å². The van der Waals surface area contributed by atoms with E-state index in [0.717, 1.165) is 30.2 Å². The number of morpholine rings is 1. The van der Waals surface area contributed by atoms with Gasteiger partial charge in [0.05, 0.1) is 34.5 Å². The number of benzene rings is 1. The third-order valence-corrected chi connectivity index (χ3v) is 3.79. The van der Waals surface area contributed by atoms with E-state index in [1.54, 1.807) is 21.3 Å². The van der Waals surface area contributed by atoms with Crippen LogP contribution in [0.1, 0.15) is 5.56 Å². The molecule has 8 heteroatoms. The van der Waals surface area contributed by atoms with Gasteiger partial charge in [0.2, 0.25) is 0 Å². The van der Waals surface area contributed by atoms with Crippen LogP contribution in [0.2, 0.25) is 0 Å². The number of nitrogens with two attached hydrogens (primary N) is 1. The number of hydrogen-bond acceptors (Lipinski definition) is 5. The Hall–Kier alpha value is -1.42. The van der Waals surface area contributed by atoms with Gasteiger partial charge in [-0.15, -0.1) is 24.0 Å². The van der Waals surface area contributed by atoms with Crippen molar-refractivity contribution in [3.8, 4) is 17.2 Å². The van der Waals surface area contributed by atoms with Crippen LogP contribution >= 0.6 is 24.0 Å². The maximum absolute atomic E-state index is 6.04. The predicted molar refractivity (Wildman–Crippen MR) is 104 cm³/mol. The van der Waals surface area contributed by atoms with Crippen molar-refractivity contribution in [3.05, 3.63) is 17.7 Å². The highest BCUT2D eigenvalue weighted by Gasteiger charge is 2.14.